The third-order valence-corrected chi connectivity index (χ3v) is 3.19. The summed E-state index contributed by atoms with van der Waals surface area (Å²) in [6, 6.07) is 5.69. The summed E-state index contributed by atoms with van der Waals surface area (Å²) in [5.41, 5.74) is 7.34. The number of para-hydroxylation sites is 1. The van der Waals surface area contributed by atoms with Gasteiger partial charge in [0.1, 0.15) is 11.3 Å². The maximum atomic E-state index is 11.3. The largest absolute Gasteiger partial charge is 0.366 e. The zero-order chi connectivity index (χ0) is 11.8. The molecular weight excluding hydrogens is 216 g/mol. The number of hydrogen-bond acceptors (Lipinski definition) is 3. The molecule has 0 saturated carbocycles. The highest BCUT2D eigenvalue weighted by Gasteiger charge is 2.20. The van der Waals surface area contributed by atoms with Gasteiger partial charge in [-0.15, -0.1) is 0 Å². The van der Waals surface area contributed by atoms with Crippen molar-refractivity contribution in [1.82, 2.24) is 15.3 Å². The predicted molar refractivity (Wildman–Crippen MR) is 64.6 cm³/mol. The molecule has 2 aromatic rings. The number of nitrogens with zero attached hydrogens (tertiary/aromatic N) is 1. The topological polar surface area (TPSA) is 83.8 Å². The zero-order valence-electron chi connectivity index (χ0n) is 9.36. The lowest BCUT2D eigenvalue weighted by molar-refractivity contribution is 0.100. The molecule has 0 radical (unpaired) electrons. The number of imidazole rings is 1. The number of carbonyl (C=O) groups excluding carboxylic acids is 1. The highest BCUT2D eigenvalue weighted by Crippen LogP contribution is 2.24. The Morgan fingerprint density at radius 3 is 3.06 bits per heavy atom. The number of hydrogen-bond donors (Lipinski definition) is 3. The predicted octanol–water partition coefficient (Wildman–Crippen LogP) is 1.09. The summed E-state index contributed by atoms with van der Waals surface area (Å²) in [7, 11) is 0. The lowest BCUT2D eigenvalue weighted by Crippen LogP contribution is -2.14. The van der Waals surface area contributed by atoms with Gasteiger partial charge in [-0.25, -0.2) is 4.98 Å². The highest BCUT2D eigenvalue weighted by atomic mass is 16.1. The fraction of sp³-hybridized carbons (Fsp3) is 0.333. The molecule has 17 heavy (non-hydrogen) atoms. The van der Waals surface area contributed by atoms with Crippen molar-refractivity contribution in [3.63, 3.8) is 0 Å². The summed E-state index contributed by atoms with van der Waals surface area (Å²) in [5, 5.41) is 3.37. The number of primary amides is 1. The van der Waals surface area contributed by atoms with Crippen molar-refractivity contribution in [2.24, 2.45) is 5.73 Å². The van der Waals surface area contributed by atoms with E-state index in [4.69, 9.17) is 5.73 Å². The van der Waals surface area contributed by atoms with Crippen LogP contribution in [0.4, 0.5) is 0 Å². The molecule has 5 nitrogen and oxygen atoms in total. The van der Waals surface area contributed by atoms with Gasteiger partial charge in [-0.3, -0.25) is 4.79 Å². The highest BCUT2D eigenvalue weighted by molar-refractivity contribution is 6.04. The number of H-pyrrole nitrogens is 1. The van der Waals surface area contributed by atoms with Gasteiger partial charge < -0.3 is 16.0 Å². The van der Waals surface area contributed by atoms with Crippen molar-refractivity contribution in [1.29, 1.82) is 0 Å². The molecular formula is C12H14N4O. The molecule has 0 aliphatic carbocycles. The quantitative estimate of drug-likeness (QED) is 0.722. The second-order valence-electron chi connectivity index (χ2n) is 4.34. The number of rotatable bonds is 2. The molecule has 1 amide bonds. The van der Waals surface area contributed by atoms with Crippen LogP contribution in [-0.2, 0) is 0 Å². The van der Waals surface area contributed by atoms with Crippen LogP contribution in [0.25, 0.3) is 11.0 Å². The molecule has 0 unspecified atom stereocenters. The van der Waals surface area contributed by atoms with Crippen LogP contribution in [0.1, 0.15) is 35.1 Å². The van der Waals surface area contributed by atoms with Gasteiger partial charge in [-0.05, 0) is 31.5 Å². The van der Waals surface area contributed by atoms with Crippen molar-refractivity contribution < 1.29 is 4.79 Å². The van der Waals surface area contributed by atoms with Gasteiger partial charge in [0, 0.05) is 0 Å². The Kier molecular flexibility index (Phi) is 2.33. The molecule has 3 rings (SSSR count). The summed E-state index contributed by atoms with van der Waals surface area (Å²) in [5.74, 6) is 0.458. The van der Waals surface area contributed by atoms with Crippen molar-refractivity contribution >= 4 is 16.9 Å². The van der Waals surface area contributed by atoms with Gasteiger partial charge in [-0.1, -0.05) is 6.07 Å². The number of amides is 1. The van der Waals surface area contributed by atoms with E-state index in [-0.39, 0.29) is 6.04 Å². The first-order valence-corrected chi connectivity index (χ1v) is 5.77. The van der Waals surface area contributed by atoms with E-state index in [1.807, 2.05) is 12.1 Å². The van der Waals surface area contributed by atoms with E-state index in [2.05, 4.69) is 15.3 Å². The van der Waals surface area contributed by atoms with Crippen molar-refractivity contribution in [2.45, 2.75) is 18.9 Å². The standard InChI is InChI=1S/C12H14N4O/c13-11(17)7-3-1-4-8-10(7)16-12(15-8)9-5-2-6-14-9/h1,3-4,9,14H,2,5-6H2,(H2,13,17)(H,15,16)/t9-/m1/s1. The number of aromatic amines is 1. The average molecular weight is 230 g/mol. The Morgan fingerprint density at radius 2 is 2.35 bits per heavy atom. The lowest BCUT2D eigenvalue weighted by atomic mass is 10.2. The minimum atomic E-state index is -0.437. The Hall–Kier alpha value is -1.88. The Balaban J connectivity index is 2.11. The third-order valence-electron chi connectivity index (χ3n) is 3.19. The lowest BCUT2D eigenvalue weighted by Gasteiger charge is -2.04. The summed E-state index contributed by atoms with van der Waals surface area (Å²) < 4.78 is 0. The van der Waals surface area contributed by atoms with Gasteiger partial charge in [0.15, 0.2) is 0 Å². The summed E-state index contributed by atoms with van der Waals surface area (Å²) in [4.78, 5) is 19.0. The van der Waals surface area contributed by atoms with E-state index < -0.39 is 5.91 Å². The normalized spacial score (nSPS) is 19.9. The molecule has 1 fully saturated rings. The molecule has 5 heteroatoms. The summed E-state index contributed by atoms with van der Waals surface area (Å²) in [6.45, 7) is 1.02. The molecule has 1 aromatic heterocycles. The van der Waals surface area contributed by atoms with Crippen LogP contribution >= 0.6 is 0 Å². The Morgan fingerprint density at radius 1 is 1.47 bits per heavy atom. The van der Waals surface area contributed by atoms with Gasteiger partial charge in [0.25, 0.3) is 5.91 Å². The molecule has 1 saturated heterocycles. The first kappa shape index (κ1) is 10.3. The summed E-state index contributed by atoms with van der Waals surface area (Å²) >= 11 is 0. The molecule has 1 aliphatic rings. The van der Waals surface area contributed by atoms with E-state index in [0.29, 0.717) is 11.1 Å². The molecule has 1 aliphatic heterocycles. The van der Waals surface area contributed by atoms with Crippen LogP contribution in [0.2, 0.25) is 0 Å². The van der Waals surface area contributed by atoms with Crippen LogP contribution in [0.15, 0.2) is 18.2 Å². The van der Waals surface area contributed by atoms with E-state index in [0.717, 1.165) is 30.7 Å². The van der Waals surface area contributed by atoms with Gasteiger partial charge in [-0.2, -0.15) is 0 Å². The fourth-order valence-electron chi connectivity index (χ4n) is 2.33. The second-order valence-corrected chi connectivity index (χ2v) is 4.34. The molecule has 0 bridgehead atoms. The average Bonchev–Trinajstić information content (AvgIpc) is 2.96. The fourth-order valence-corrected chi connectivity index (χ4v) is 2.33. The molecule has 88 valence electrons. The van der Waals surface area contributed by atoms with Crippen LogP contribution in [0.5, 0.6) is 0 Å². The van der Waals surface area contributed by atoms with Gasteiger partial charge in [0.2, 0.25) is 0 Å². The number of benzene rings is 1. The van der Waals surface area contributed by atoms with Crippen molar-refractivity contribution in [3.8, 4) is 0 Å². The molecule has 1 aromatic carbocycles. The van der Waals surface area contributed by atoms with Gasteiger partial charge in [0.05, 0.1) is 17.1 Å². The zero-order valence-corrected chi connectivity index (χ0v) is 9.36. The van der Waals surface area contributed by atoms with E-state index in [1.54, 1.807) is 6.07 Å². The number of aromatic nitrogens is 2. The van der Waals surface area contributed by atoms with Crippen molar-refractivity contribution in [3.05, 3.63) is 29.6 Å². The Labute approximate surface area is 98.4 Å². The van der Waals surface area contributed by atoms with Crippen LogP contribution < -0.4 is 11.1 Å². The van der Waals surface area contributed by atoms with Crippen LogP contribution in [0, 0.1) is 0 Å². The maximum absolute atomic E-state index is 11.3. The number of nitrogens with one attached hydrogen (secondary N) is 2. The minimum Gasteiger partial charge on any atom is -0.366 e. The van der Waals surface area contributed by atoms with Gasteiger partial charge >= 0.3 is 0 Å². The number of nitrogens with two attached hydrogens (primary N) is 1. The van der Waals surface area contributed by atoms with Crippen LogP contribution in [0.3, 0.4) is 0 Å². The SMILES string of the molecule is NC(=O)c1cccc2[nH]c([C@H]3CCCN3)nc12. The minimum absolute atomic E-state index is 0.267. The third kappa shape index (κ3) is 1.68. The molecule has 0 spiro atoms. The van der Waals surface area contributed by atoms with Crippen LogP contribution in [-0.4, -0.2) is 22.4 Å². The first-order chi connectivity index (χ1) is 8.25. The van der Waals surface area contributed by atoms with Crippen molar-refractivity contribution in [2.75, 3.05) is 6.54 Å². The van der Waals surface area contributed by atoms with E-state index in [1.165, 1.54) is 0 Å². The molecule has 2 heterocycles. The van der Waals surface area contributed by atoms with E-state index >= 15 is 0 Å². The second kappa shape index (κ2) is 3.85. The van der Waals surface area contributed by atoms with E-state index in [9.17, 15) is 4.79 Å². The first-order valence-electron chi connectivity index (χ1n) is 5.77. The smallest absolute Gasteiger partial charge is 0.250 e. The Bertz CT molecular complexity index is 569. The summed E-state index contributed by atoms with van der Waals surface area (Å²) in [6.07, 6.45) is 2.23. The number of fused-ring (bicyclic) bond motifs is 1. The molecule has 1 atom stereocenters. The monoisotopic (exact) mass is 230 g/mol. The maximum Gasteiger partial charge on any atom is 0.250 e. The number of carbonyl (C=O) groups is 1. The molecule has 4 N–H and O–H groups in total.